The van der Waals surface area contributed by atoms with Crippen molar-refractivity contribution < 1.29 is 14.3 Å². The molecule has 226 valence electrons. The summed E-state index contributed by atoms with van der Waals surface area (Å²) in [4.78, 5) is 31.3. The fourth-order valence-electron chi connectivity index (χ4n) is 6.08. The van der Waals surface area contributed by atoms with Crippen LogP contribution in [0.5, 0.6) is 0 Å². The first-order valence-electron chi connectivity index (χ1n) is 15.4. The molecule has 2 amide bonds. The number of hydrogen-bond donors (Lipinski definition) is 1. The highest BCUT2D eigenvalue weighted by Crippen LogP contribution is 2.35. The third-order valence-electron chi connectivity index (χ3n) is 8.71. The first-order chi connectivity index (χ1) is 20.8. The van der Waals surface area contributed by atoms with Crippen molar-refractivity contribution in [2.75, 3.05) is 26.7 Å². The Balaban J connectivity index is 1.08. The van der Waals surface area contributed by atoms with Crippen LogP contribution in [0, 0.1) is 17.8 Å². The predicted molar refractivity (Wildman–Crippen MR) is 170 cm³/mol. The van der Waals surface area contributed by atoms with Crippen molar-refractivity contribution in [3.05, 3.63) is 73.3 Å². The first kappa shape index (κ1) is 30.4. The zero-order valence-electron chi connectivity index (χ0n) is 25.7. The maximum atomic E-state index is 12.8. The van der Waals surface area contributed by atoms with Gasteiger partial charge in [0.25, 0.3) is 0 Å². The number of benzene rings is 2. The SMILES string of the molecule is CC(C)[C@@H]1CC[C@@H](C)C[C@H]1OCC(=O)NCCN(C)C(=O)Cn1cc(-c2ccc(-c3cncc4ccccc34)cc2)cn1. The molecule has 1 saturated carbocycles. The van der Waals surface area contributed by atoms with Gasteiger partial charge in [0, 0.05) is 55.2 Å². The van der Waals surface area contributed by atoms with Crippen molar-refractivity contribution >= 4 is 22.6 Å². The first-order valence-corrected chi connectivity index (χ1v) is 15.4. The minimum atomic E-state index is -0.138. The molecule has 5 rings (SSSR count). The van der Waals surface area contributed by atoms with Crippen LogP contribution in [0.4, 0.5) is 0 Å². The van der Waals surface area contributed by atoms with Gasteiger partial charge in [0.2, 0.25) is 11.8 Å². The van der Waals surface area contributed by atoms with Crippen molar-refractivity contribution in [1.29, 1.82) is 0 Å². The van der Waals surface area contributed by atoms with Gasteiger partial charge in [-0.1, -0.05) is 75.7 Å². The van der Waals surface area contributed by atoms with Gasteiger partial charge in [0.1, 0.15) is 13.2 Å². The number of aromatic nitrogens is 3. The number of amides is 2. The molecule has 8 heteroatoms. The molecular formula is C35H43N5O3. The number of carbonyl (C=O) groups excluding carboxylic acids is 2. The molecule has 0 spiro atoms. The lowest BCUT2D eigenvalue weighted by molar-refractivity contribution is -0.133. The highest BCUT2D eigenvalue weighted by molar-refractivity contribution is 5.95. The predicted octanol–water partition coefficient (Wildman–Crippen LogP) is 5.82. The Morgan fingerprint density at radius 3 is 2.58 bits per heavy atom. The van der Waals surface area contributed by atoms with Gasteiger partial charge in [0.05, 0.1) is 12.3 Å². The number of rotatable bonds is 11. The third-order valence-corrected chi connectivity index (χ3v) is 8.71. The number of nitrogens with zero attached hydrogens (tertiary/aromatic N) is 4. The molecular weight excluding hydrogens is 538 g/mol. The maximum Gasteiger partial charge on any atom is 0.246 e. The second-order valence-electron chi connectivity index (χ2n) is 12.3. The van der Waals surface area contributed by atoms with E-state index in [-0.39, 0.29) is 31.1 Å². The van der Waals surface area contributed by atoms with Crippen LogP contribution in [0.25, 0.3) is 33.0 Å². The van der Waals surface area contributed by atoms with E-state index >= 15 is 0 Å². The van der Waals surface area contributed by atoms with E-state index in [0.29, 0.717) is 30.8 Å². The summed E-state index contributed by atoms with van der Waals surface area (Å²) in [5.74, 6) is 1.47. The van der Waals surface area contributed by atoms with E-state index in [0.717, 1.165) is 40.5 Å². The van der Waals surface area contributed by atoms with Gasteiger partial charge in [0.15, 0.2) is 0 Å². The summed E-state index contributed by atoms with van der Waals surface area (Å²) < 4.78 is 7.70. The Bertz CT molecular complexity index is 1520. The number of hydrogen-bond acceptors (Lipinski definition) is 5. The van der Waals surface area contributed by atoms with Gasteiger partial charge in [-0.05, 0) is 47.1 Å². The van der Waals surface area contributed by atoms with Crippen molar-refractivity contribution in [2.24, 2.45) is 17.8 Å². The van der Waals surface area contributed by atoms with Crippen LogP contribution in [0.15, 0.2) is 73.3 Å². The second-order valence-corrected chi connectivity index (χ2v) is 12.3. The number of ether oxygens (including phenoxy) is 1. The Morgan fingerprint density at radius 2 is 1.79 bits per heavy atom. The van der Waals surface area contributed by atoms with E-state index in [9.17, 15) is 9.59 Å². The molecule has 1 N–H and O–H groups in total. The molecule has 43 heavy (non-hydrogen) atoms. The summed E-state index contributed by atoms with van der Waals surface area (Å²) in [7, 11) is 1.74. The fourth-order valence-corrected chi connectivity index (χ4v) is 6.08. The Labute approximate surface area is 254 Å². The normalized spacial score (nSPS) is 18.6. The van der Waals surface area contributed by atoms with E-state index in [4.69, 9.17) is 4.74 Å². The summed E-state index contributed by atoms with van der Waals surface area (Å²) in [5.41, 5.74) is 4.16. The zero-order valence-corrected chi connectivity index (χ0v) is 25.7. The molecule has 1 aliphatic rings. The number of likely N-dealkylation sites (N-methyl/N-ethyl adjacent to an activating group) is 1. The molecule has 2 aromatic heterocycles. The number of carbonyl (C=O) groups is 2. The lowest BCUT2D eigenvalue weighted by Gasteiger charge is -2.37. The Kier molecular flexibility index (Phi) is 9.87. The molecule has 2 heterocycles. The van der Waals surface area contributed by atoms with Crippen molar-refractivity contribution in [1.82, 2.24) is 25.0 Å². The van der Waals surface area contributed by atoms with E-state index in [1.807, 2.05) is 30.7 Å². The molecule has 2 aromatic carbocycles. The van der Waals surface area contributed by atoms with E-state index in [1.165, 1.54) is 11.8 Å². The van der Waals surface area contributed by atoms with Crippen LogP contribution >= 0.6 is 0 Å². The standard InChI is InChI=1S/C35H43N5O3/c1-24(2)30-14-9-25(3)17-33(30)43-23-34(41)37-15-16-39(4)35(42)22-40-21-29(19-38-40)26-10-12-27(13-11-26)32-20-36-18-28-7-5-6-8-31(28)32/h5-8,10-13,18-21,24-25,30,33H,9,14-17,22-23H2,1-4H3,(H,37,41)/t25-,30+,33-/m1/s1. The minimum absolute atomic E-state index is 0.0636. The van der Waals surface area contributed by atoms with Gasteiger partial charge in [-0.3, -0.25) is 19.3 Å². The fraction of sp³-hybridized carbons (Fsp3) is 0.429. The molecule has 0 aliphatic heterocycles. The molecule has 0 saturated heterocycles. The van der Waals surface area contributed by atoms with Gasteiger partial charge in [-0.25, -0.2) is 0 Å². The molecule has 3 atom stereocenters. The molecule has 8 nitrogen and oxygen atoms in total. The van der Waals surface area contributed by atoms with E-state index < -0.39 is 0 Å². The van der Waals surface area contributed by atoms with Crippen LogP contribution in [0.2, 0.25) is 0 Å². The summed E-state index contributed by atoms with van der Waals surface area (Å²) in [5, 5.41) is 9.59. The average Bonchev–Trinajstić information content (AvgIpc) is 3.48. The monoisotopic (exact) mass is 581 g/mol. The lowest BCUT2D eigenvalue weighted by Crippen LogP contribution is -2.40. The highest BCUT2D eigenvalue weighted by atomic mass is 16.5. The van der Waals surface area contributed by atoms with Crippen LogP contribution in [0.1, 0.15) is 40.0 Å². The number of fused-ring (bicyclic) bond motifs is 1. The molecule has 1 fully saturated rings. The number of nitrogens with one attached hydrogen (secondary N) is 1. The van der Waals surface area contributed by atoms with Gasteiger partial charge in [-0.2, -0.15) is 5.10 Å². The van der Waals surface area contributed by atoms with Gasteiger partial charge < -0.3 is 15.0 Å². The minimum Gasteiger partial charge on any atom is -0.368 e. The summed E-state index contributed by atoms with van der Waals surface area (Å²) >= 11 is 0. The van der Waals surface area contributed by atoms with Crippen LogP contribution in [-0.2, 0) is 20.9 Å². The van der Waals surface area contributed by atoms with Crippen LogP contribution in [-0.4, -0.2) is 64.3 Å². The van der Waals surface area contributed by atoms with E-state index in [2.05, 4.69) is 72.6 Å². The molecule has 1 aliphatic carbocycles. The van der Waals surface area contributed by atoms with Crippen molar-refractivity contribution in [3.63, 3.8) is 0 Å². The smallest absolute Gasteiger partial charge is 0.246 e. The zero-order chi connectivity index (χ0) is 30.3. The van der Waals surface area contributed by atoms with Crippen molar-refractivity contribution in [2.45, 2.75) is 52.7 Å². The summed E-state index contributed by atoms with van der Waals surface area (Å²) in [6.07, 6.45) is 11.0. The van der Waals surface area contributed by atoms with Crippen molar-refractivity contribution in [3.8, 4) is 22.3 Å². The second kappa shape index (κ2) is 14.0. The Morgan fingerprint density at radius 1 is 1.02 bits per heavy atom. The molecule has 0 unspecified atom stereocenters. The summed E-state index contributed by atoms with van der Waals surface area (Å²) in [6, 6.07) is 16.6. The highest BCUT2D eigenvalue weighted by Gasteiger charge is 2.31. The van der Waals surface area contributed by atoms with Crippen LogP contribution in [0.3, 0.4) is 0 Å². The van der Waals surface area contributed by atoms with Gasteiger partial charge in [-0.15, -0.1) is 0 Å². The third kappa shape index (κ3) is 7.68. The molecule has 0 bridgehead atoms. The topological polar surface area (TPSA) is 89.4 Å². The van der Waals surface area contributed by atoms with Gasteiger partial charge >= 0.3 is 0 Å². The molecule has 0 radical (unpaired) electrons. The van der Waals surface area contributed by atoms with E-state index in [1.54, 1.807) is 22.8 Å². The largest absolute Gasteiger partial charge is 0.368 e. The maximum absolute atomic E-state index is 12.8. The van der Waals surface area contributed by atoms with Crippen LogP contribution < -0.4 is 5.32 Å². The summed E-state index contributed by atoms with van der Waals surface area (Å²) in [6.45, 7) is 7.71. The number of pyridine rings is 1. The Hall–Kier alpha value is -4.04. The lowest BCUT2D eigenvalue weighted by atomic mass is 9.75. The quantitative estimate of drug-likeness (QED) is 0.241. The average molecular weight is 582 g/mol. The molecule has 4 aromatic rings.